The molecule has 1 aliphatic heterocycles. The van der Waals surface area contributed by atoms with E-state index in [4.69, 9.17) is 42.0 Å². The van der Waals surface area contributed by atoms with Crippen LogP contribution in [0.1, 0.15) is 86.6 Å². The number of likely N-dealkylation sites (tertiary alicyclic amines) is 1. The normalized spacial score (nSPS) is 14.4. The minimum absolute atomic E-state index is 0.0251. The van der Waals surface area contributed by atoms with Gasteiger partial charge in [-0.05, 0) is 115 Å². The molecule has 1 heterocycles. The van der Waals surface area contributed by atoms with Gasteiger partial charge in [-0.1, -0.05) is 135 Å². The molecule has 8 atom stereocenters. The summed E-state index contributed by atoms with van der Waals surface area (Å²) in [5.74, 6) is -7.12. The molecule has 107 heavy (non-hydrogen) atoms. The fourth-order valence-corrected chi connectivity index (χ4v) is 13.5. The topological polar surface area (TPSA) is 396 Å². The second-order valence-electron chi connectivity index (χ2n) is 25.8. The van der Waals surface area contributed by atoms with E-state index < -0.39 is 127 Å². The minimum Gasteiger partial charge on any atom is -0.497 e. The summed E-state index contributed by atoms with van der Waals surface area (Å²) in [4.78, 5) is 156. The van der Waals surface area contributed by atoms with Crippen LogP contribution in [0.4, 0.5) is 4.79 Å². The number of methoxy groups -OCH3 is 2. The van der Waals surface area contributed by atoms with Gasteiger partial charge in [0, 0.05) is 58.7 Å². The van der Waals surface area contributed by atoms with Crippen LogP contribution in [0.3, 0.4) is 0 Å². The molecular weight excluding hydrogens is 1430 g/mol. The first-order valence-corrected chi connectivity index (χ1v) is 37.5. The number of nitrogens with two attached hydrogens (primary N) is 2. The standard InChI is InChI=1S/C77H94ClN11O16S2/c1-48(2)36-60(84-71(95)61(38-49-18-7-5-8-19-49)85-72(96)62(87-75(99)66(90)47-107-57-26-16-25-56(40-57)103-4)39-50-30-32-54(33-31-50)104-43-51-20-9-6-10-21-51)70(94)86-63(41-67(79)91)73(97)88-64(46-106-45-52-22-15-24-55(37-52)102-3)76(100)89-35-17-29-65(89)74(98)83-59(69(93)82-42-68(80)92)28-13-14-34-81-77(101)105-44-53-23-11-12-27-58(53)78/h5-12,15-16,18-27,30-33,37,40,48,59-66,90H,13-14,17,28-29,34-36,38-39,41-47H2,1-4H3,(H2,79,91)(H2,80,92)(H,81,101)(H,82,93)(H,83,98)(H,84,95)(H,85,96)(H,86,94)(H,87,99)(H,88,97)/t59-,60-,61-,62-,63-,64-,65-,66+/m0/s1. The van der Waals surface area contributed by atoms with Gasteiger partial charge < -0.3 is 83.0 Å². The Bertz CT molecular complexity index is 3960. The maximum Gasteiger partial charge on any atom is 0.407 e. The third kappa shape index (κ3) is 28.8. The summed E-state index contributed by atoms with van der Waals surface area (Å²) < 4.78 is 22.0. The molecule has 6 aromatic rings. The smallest absolute Gasteiger partial charge is 0.407 e. The first-order chi connectivity index (χ1) is 51.4. The largest absolute Gasteiger partial charge is 0.497 e. The Morgan fingerprint density at radius 3 is 1.79 bits per heavy atom. The lowest BCUT2D eigenvalue weighted by Gasteiger charge is -2.31. The fourth-order valence-electron chi connectivity index (χ4n) is 11.4. The van der Waals surface area contributed by atoms with E-state index >= 15 is 4.79 Å². The number of rotatable bonds is 43. The zero-order valence-electron chi connectivity index (χ0n) is 60.1. The van der Waals surface area contributed by atoms with E-state index in [2.05, 4.69) is 42.5 Å². The van der Waals surface area contributed by atoms with Crippen molar-refractivity contribution in [2.45, 2.75) is 144 Å². The molecule has 0 saturated carbocycles. The van der Waals surface area contributed by atoms with Gasteiger partial charge in [0.25, 0.3) is 0 Å². The number of carbonyl (C=O) groups is 11. The monoisotopic (exact) mass is 1530 g/mol. The highest BCUT2D eigenvalue weighted by molar-refractivity contribution is 7.99. The van der Waals surface area contributed by atoms with Crippen LogP contribution in [0, 0.1) is 5.92 Å². The number of aliphatic hydroxyl groups excluding tert-OH is 1. The van der Waals surface area contributed by atoms with Crippen molar-refractivity contribution in [2.75, 3.05) is 45.4 Å². The van der Waals surface area contributed by atoms with Gasteiger partial charge >= 0.3 is 6.09 Å². The number of amides is 11. The van der Waals surface area contributed by atoms with E-state index in [1.807, 2.05) is 36.4 Å². The highest BCUT2D eigenvalue weighted by Gasteiger charge is 2.41. The van der Waals surface area contributed by atoms with Crippen molar-refractivity contribution in [3.63, 3.8) is 0 Å². The van der Waals surface area contributed by atoms with Gasteiger partial charge in [0.05, 0.1) is 27.2 Å². The van der Waals surface area contributed by atoms with Gasteiger partial charge in [0.1, 0.15) is 78.9 Å². The summed E-state index contributed by atoms with van der Waals surface area (Å²) in [6.07, 6.45) is -2.29. The van der Waals surface area contributed by atoms with E-state index in [1.54, 1.807) is 135 Å². The van der Waals surface area contributed by atoms with Gasteiger partial charge in [-0.2, -0.15) is 11.8 Å². The molecule has 0 radical (unpaired) electrons. The van der Waals surface area contributed by atoms with E-state index in [1.165, 1.54) is 42.6 Å². The lowest BCUT2D eigenvalue weighted by Crippen LogP contribution is -2.61. The highest BCUT2D eigenvalue weighted by Crippen LogP contribution is 2.26. The maximum absolute atomic E-state index is 15.1. The summed E-state index contributed by atoms with van der Waals surface area (Å²) in [6.45, 7) is 3.40. The van der Waals surface area contributed by atoms with E-state index in [9.17, 15) is 53.1 Å². The van der Waals surface area contributed by atoms with Gasteiger partial charge in [-0.3, -0.25) is 47.9 Å². The zero-order valence-corrected chi connectivity index (χ0v) is 62.5. The van der Waals surface area contributed by atoms with E-state index in [-0.39, 0.29) is 82.3 Å². The molecule has 0 bridgehead atoms. The first kappa shape index (κ1) is 83.9. The van der Waals surface area contributed by atoms with Crippen molar-refractivity contribution < 1.29 is 76.8 Å². The van der Waals surface area contributed by atoms with Crippen molar-refractivity contribution in [3.8, 4) is 17.2 Å². The minimum atomic E-state index is -1.75. The Labute approximate surface area is 635 Å². The van der Waals surface area contributed by atoms with Crippen LogP contribution in [0.5, 0.6) is 17.2 Å². The molecule has 6 aromatic carbocycles. The van der Waals surface area contributed by atoms with Crippen molar-refractivity contribution in [1.29, 1.82) is 0 Å². The number of primary amides is 2. The Morgan fingerprint density at radius 2 is 1.14 bits per heavy atom. The molecule has 0 aliphatic carbocycles. The second kappa shape index (κ2) is 43.9. The summed E-state index contributed by atoms with van der Waals surface area (Å²) in [5.41, 5.74) is 14.6. The fraction of sp³-hybridized carbons (Fsp3) is 0.390. The molecular formula is C77H94ClN11O16S2. The van der Waals surface area contributed by atoms with Crippen LogP contribution < -0.4 is 68.2 Å². The van der Waals surface area contributed by atoms with E-state index in [0.717, 1.165) is 11.1 Å². The molecule has 27 nitrogen and oxygen atoms in total. The number of benzene rings is 6. The SMILES string of the molecule is COc1cccc(CSC[C@H](NC(=O)[C@H](CC(N)=O)NC(=O)[C@H](CC(C)C)NC(=O)[C@H](Cc2ccccc2)NC(=O)[C@H](Cc2ccc(OCc3ccccc3)cc2)NC(=O)[C@H](O)CSc2cccc(OC)c2)C(=O)N2CCC[C@H]2C(=O)N[C@@H](CCCCNC(=O)OCc2ccccc2Cl)C(=O)NCC(N)=O)c1. The number of carbonyl (C=O) groups excluding carboxylic acids is 11. The highest BCUT2D eigenvalue weighted by atomic mass is 35.5. The van der Waals surface area contributed by atoms with Gasteiger partial charge in [-0.25, -0.2) is 4.79 Å². The quantitative estimate of drug-likeness (QED) is 0.0170. The van der Waals surface area contributed by atoms with Crippen LogP contribution in [-0.2, 0) is 84.5 Å². The van der Waals surface area contributed by atoms with Gasteiger partial charge in [0.15, 0.2) is 0 Å². The average Bonchev–Trinajstić information content (AvgIpc) is 1.78. The number of halogens is 1. The molecule has 0 spiro atoms. The summed E-state index contributed by atoms with van der Waals surface area (Å²) in [5, 5.41) is 33.1. The van der Waals surface area contributed by atoms with E-state index in [0.29, 0.717) is 62.5 Å². The van der Waals surface area contributed by atoms with Crippen molar-refractivity contribution in [1.82, 2.24) is 47.4 Å². The third-order valence-electron chi connectivity index (χ3n) is 17.0. The first-order valence-electron chi connectivity index (χ1n) is 35.0. The predicted molar refractivity (Wildman–Crippen MR) is 405 cm³/mol. The maximum atomic E-state index is 15.1. The Hall–Kier alpha value is -10.4. The van der Waals surface area contributed by atoms with Crippen LogP contribution in [0.2, 0.25) is 5.02 Å². The molecule has 1 saturated heterocycles. The van der Waals surface area contributed by atoms with Crippen LogP contribution in [0.15, 0.2) is 163 Å². The molecule has 1 aliphatic rings. The summed E-state index contributed by atoms with van der Waals surface area (Å²) >= 11 is 8.62. The third-order valence-corrected chi connectivity index (χ3v) is 19.6. The number of unbranched alkanes of at least 4 members (excludes halogenated alkanes) is 1. The zero-order chi connectivity index (χ0) is 77.2. The molecule has 13 N–H and O–H groups in total. The number of nitrogens with zero attached hydrogens (tertiary/aromatic N) is 1. The predicted octanol–water partition coefficient (Wildman–Crippen LogP) is 5.33. The Kier molecular flexibility index (Phi) is 34.4. The Morgan fingerprint density at radius 1 is 0.561 bits per heavy atom. The van der Waals surface area contributed by atoms with Crippen LogP contribution in [0.25, 0.3) is 0 Å². The summed E-state index contributed by atoms with van der Waals surface area (Å²) in [7, 11) is 3.03. The molecule has 11 amide bonds. The number of alkyl carbamates (subject to hydrolysis) is 1. The van der Waals surface area contributed by atoms with Crippen molar-refractivity contribution >= 4 is 100 Å². The van der Waals surface area contributed by atoms with Crippen molar-refractivity contribution in [3.05, 3.63) is 191 Å². The molecule has 30 heteroatoms. The Balaban J connectivity index is 1.08. The number of thioether (sulfide) groups is 2. The van der Waals surface area contributed by atoms with Crippen LogP contribution in [-0.4, -0.2) is 169 Å². The number of ether oxygens (including phenoxy) is 4. The lowest BCUT2D eigenvalue weighted by atomic mass is 9.99. The van der Waals surface area contributed by atoms with Gasteiger partial charge in [0.2, 0.25) is 59.1 Å². The summed E-state index contributed by atoms with van der Waals surface area (Å²) in [6, 6.07) is 36.3. The number of hydrogen-bond donors (Lipinski definition) is 11. The molecule has 0 aromatic heterocycles. The number of aliphatic hydroxyl groups is 1. The van der Waals surface area contributed by atoms with Gasteiger partial charge in [-0.15, -0.1) is 11.8 Å². The molecule has 7 rings (SSSR count). The molecule has 572 valence electrons. The lowest BCUT2D eigenvalue weighted by molar-refractivity contribution is -0.142. The van der Waals surface area contributed by atoms with Crippen LogP contribution >= 0.6 is 35.1 Å². The average molecular weight is 1530 g/mol. The number of nitrogens with one attached hydrogen (secondary N) is 8. The number of hydrogen-bond acceptors (Lipinski definition) is 18. The second-order valence-corrected chi connectivity index (χ2v) is 28.3. The molecule has 1 fully saturated rings. The van der Waals surface area contributed by atoms with Crippen molar-refractivity contribution in [2.24, 2.45) is 17.4 Å². The molecule has 0 unspecified atom stereocenters.